The number of aliphatic hydroxyl groups is 1. The SMILES string of the molecule is [CH2]c1ccc(CCO)cc1. The summed E-state index contributed by atoms with van der Waals surface area (Å²) in [4.78, 5) is 0. The van der Waals surface area contributed by atoms with Crippen LogP contribution in [0, 0.1) is 6.92 Å². The lowest BCUT2D eigenvalue weighted by atomic mass is 10.1. The van der Waals surface area contributed by atoms with Gasteiger partial charge in [0.2, 0.25) is 0 Å². The molecular formula is C9H11O. The Morgan fingerprint density at radius 1 is 1.20 bits per heavy atom. The maximum absolute atomic E-state index is 8.57. The Bertz CT molecular complexity index is 188. The van der Waals surface area contributed by atoms with Crippen LogP contribution in [-0.2, 0) is 6.42 Å². The summed E-state index contributed by atoms with van der Waals surface area (Å²) in [6.07, 6.45) is 0.736. The average molecular weight is 135 g/mol. The van der Waals surface area contributed by atoms with E-state index in [4.69, 9.17) is 5.11 Å². The zero-order valence-electron chi connectivity index (χ0n) is 5.88. The van der Waals surface area contributed by atoms with Gasteiger partial charge in [-0.15, -0.1) is 0 Å². The molecule has 1 rings (SSSR count). The van der Waals surface area contributed by atoms with E-state index in [2.05, 4.69) is 6.92 Å². The van der Waals surface area contributed by atoms with Crippen LogP contribution in [0.4, 0.5) is 0 Å². The molecular weight excluding hydrogens is 124 g/mol. The maximum atomic E-state index is 8.57. The first-order valence-corrected chi connectivity index (χ1v) is 3.34. The Morgan fingerprint density at radius 3 is 2.30 bits per heavy atom. The fourth-order valence-corrected chi connectivity index (χ4v) is 0.835. The van der Waals surface area contributed by atoms with E-state index < -0.39 is 0 Å². The van der Waals surface area contributed by atoms with Gasteiger partial charge in [0.1, 0.15) is 0 Å². The van der Waals surface area contributed by atoms with Crippen LogP contribution in [-0.4, -0.2) is 11.7 Å². The normalized spacial score (nSPS) is 9.80. The number of hydrogen-bond acceptors (Lipinski definition) is 1. The third-order valence-corrected chi connectivity index (χ3v) is 1.42. The summed E-state index contributed by atoms with van der Waals surface area (Å²) < 4.78 is 0. The molecule has 0 spiro atoms. The molecule has 0 atom stereocenters. The van der Waals surface area contributed by atoms with E-state index in [1.807, 2.05) is 24.3 Å². The van der Waals surface area contributed by atoms with Crippen molar-refractivity contribution >= 4 is 0 Å². The van der Waals surface area contributed by atoms with Crippen molar-refractivity contribution in [2.75, 3.05) is 6.61 Å². The van der Waals surface area contributed by atoms with E-state index in [9.17, 15) is 0 Å². The van der Waals surface area contributed by atoms with Gasteiger partial charge < -0.3 is 5.11 Å². The molecule has 0 aromatic heterocycles. The molecule has 1 heteroatoms. The highest BCUT2D eigenvalue weighted by Gasteiger charge is 1.88. The van der Waals surface area contributed by atoms with Crippen LogP contribution in [0.3, 0.4) is 0 Å². The molecule has 10 heavy (non-hydrogen) atoms. The first-order valence-electron chi connectivity index (χ1n) is 3.34. The molecule has 0 fully saturated rings. The van der Waals surface area contributed by atoms with E-state index in [0.717, 1.165) is 17.5 Å². The fourth-order valence-electron chi connectivity index (χ4n) is 0.835. The lowest BCUT2D eigenvalue weighted by Gasteiger charge is -1.96. The van der Waals surface area contributed by atoms with E-state index in [1.165, 1.54) is 0 Å². The zero-order valence-corrected chi connectivity index (χ0v) is 5.88. The van der Waals surface area contributed by atoms with E-state index >= 15 is 0 Å². The second kappa shape index (κ2) is 3.37. The van der Waals surface area contributed by atoms with Gasteiger partial charge in [-0.05, 0) is 24.5 Å². The zero-order chi connectivity index (χ0) is 7.40. The maximum Gasteiger partial charge on any atom is 0.0471 e. The van der Waals surface area contributed by atoms with Crippen LogP contribution in [0.1, 0.15) is 11.1 Å². The monoisotopic (exact) mass is 135 g/mol. The minimum absolute atomic E-state index is 0.219. The van der Waals surface area contributed by atoms with Crippen LogP contribution < -0.4 is 0 Å². The predicted molar refractivity (Wildman–Crippen MR) is 41.7 cm³/mol. The molecule has 0 aliphatic heterocycles. The summed E-state index contributed by atoms with van der Waals surface area (Å²) in [6, 6.07) is 7.87. The Kier molecular flexibility index (Phi) is 2.46. The number of hydrogen-bond donors (Lipinski definition) is 1. The van der Waals surface area contributed by atoms with Crippen molar-refractivity contribution < 1.29 is 5.11 Å². The molecule has 0 unspecified atom stereocenters. The van der Waals surface area contributed by atoms with Crippen LogP contribution in [0.15, 0.2) is 24.3 Å². The number of rotatable bonds is 2. The second-order valence-electron chi connectivity index (χ2n) is 2.29. The predicted octanol–water partition coefficient (Wildman–Crippen LogP) is 1.40. The van der Waals surface area contributed by atoms with Gasteiger partial charge in [0.05, 0.1) is 0 Å². The minimum Gasteiger partial charge on any atom is -0.396 e. The van der Waals surface area contributed by atoms with Gasteiger partial charge >= 0.3 is 0 Å². The van der Waals surface area contributed by atoms with Gasteiger partial charge in [-0.3, -0.25) is 0 Å². The Labute approximate surface area is 61.3 Å². The average Bonchev–Trinajstić information content (AvgIpc) is 1.95. The number of aliphatic hydroxyl groups excluding tert-OH is 1. The third kappa shape index (κ3) is 1.85. The summed E-state index contributed by atoms with van der Waals surface area (Å²) in [6.45, 7) is 3.98. The topological polar surface area (TPSA) is 20.2 Å². The molecule has 0 saturated carbocycles. The van der Waals surface area contributed by atoms with Crippen molar-refractivity contribution in [2.24, 2.45) is 0 Å². The summed E-state index contributed by atoms with van der Waals surface area (Å²) in [5, 5.41) is 8.57. The van der Waals surface area contributed by atoms with Crippen molar-refractivity contribution in [3.8, 4) is 0 Å². The van der Waals surface area contributed by atoms with E-state index in [0.29, 0.717) is 0 Å². The molecule has 1 N–H and O–H groups in total. The summed E-state index contributed by atoms with van der Waals surface area (Å²) in [5.74, 6) is 0. The highest BCUT2D eigenvalue weighted by molar-refractivity contribution is 5.24. The number of benzene rings is 1. The molecule has 0 amide bonds. The molecule has 1 radical (unpaired) electrons. The molecule has 0 aliphatic rings. The van der Waals surface area contributed by atoms with Gasteiger partial charge in [0.25, 0.3) is 0 Å². The Morgan fingerprint density at radius 2 is 1.80 bits per heavy atom. The minimum atomic E-state index is 0.219. The van der Waals surface area contributed by atoms with Crippen LogP contribution >= 0.6 is 0 Å². The van der Waals surface area contributed by atoms with Gasteiger partial charge in [-0.2, -0.15) is 0 Å². The summed E-state index contributed by atoms with van der Waals surface area (Å²) in [7, 11) is 0. The largest absolute Gasteiger partial charge is 0.396 e. The van der Waals surface area contributed by atoms with Gasteiger partial charge in [0.15, 0.2) is 0 Å². The molecule has 1 aromatic carbocycles. The third-order valence-electron chi connectivity index (χ3n) is 1.42. The first-order chi connectivity index (χ1) is 4.83. The second-order valence-corrected chi connectivity index (χ2v) is 2.29. The van der Waals surface area contributed by atoms with Crippen molar-refractivity contribution in [3.05, 3.63) is 42.3 Å². The quantitative estimate of drug-likeness (QED) is 0.650. The standard InChI is InChI=1S/C9H11O/c1-8-2-4-9(5-3-8)6-7-10/h2-5,10H,1,6-7H2. The highest BCUT2D eigenvalue weighted by atomic mass is 16.2. The molecule has 1 aromatic rings. The lowest BCUT2D eigenvalue weighted by molar-refractivity contribution is 0.299. The van der Waals surface area contributed by atoms with Crippen molar-refractivity contribution in [2.45, 2.75) is 6.42 Å². The molecule has 0 aliphatic carbocycles. The van der Waals surface area contributed by atoms with E-state index in [1.54, 1.807) is 0 Å². The molecule has 0 saturated heterocycles. The van der Waals surface area contributed by atoms with Gasteiger partial charge in [-0.25, -0.2) is 0 Å². The summed E-state index contributed by atoms with van der Waals surface area (Å²) >= 11 is 0. The fraction of sp³-hybridized carbons (Fsp3) is 0.222. The van der Waals surface area contributed by atoms with Gasteiger partial charge in [0, 0.05) is 6.61 Å². The molecule has 0 bridgehead atoms. The van der Waals surface area contributed by atoms with Crippen LogP contribution in [0.25, 0.3) is 0 Å². The first kappa shape index (κ1) is 7.29. The van der Waals surface area contributed by atoms with E-state index in [-0.39, 0.29) is 6.61 Å². The molecule has 0 heterocycles. The van der Waals surface area contributed by atoms with Gasteiger partial charge in [-0.1, -0.05) is 24.3 Å². The summed E-state index contributed by atoms with van der Waals surface area (Å²) in [5.41, 5.74) is 2.18. The Hall–Kier alpha value is -0.820. The Balaban J connectivity index is 2.69. The van der Waals surface area contributed by atoms with Crippen LogP contribution in [0.5, 0.6) is 0 Å². The molecule has 53 valence electrons. The van der Waals surface area contributed by atoms with Crippen LogP contribution in [0.2, 0.25) is 0 Å². The highest BCUT2D eigenvalue weighted by Crippen LogP contribution is 2.02. The molecule has 1 nitrogen and oxygen atoms in total. The smallest absolute Gasteiger partial charge is 0.0471 e. The van der Waals surface area contributed by atoms with Crippen molar-refractivity contribution in [1.82, 2.24) is 0 Å². The van der Waals surface area contributed by atoms with Crippen molar-refractivity contribution in [3.63, 3.8) is 0 Å². The van der Waals surface area contributed by atoms with Crippen molar-refractivity contribution in [1.29, 1.82) is 0 Å². The lowest BCUT2D eigenvalue weighted by Crippen LogP contribution is -1.89.